The minimum Gasteiger partial charge on any atom is -0.238 e. The molecule has 2 aromatic rings. The molecule has 0 spiro atoms. The number of nitrogens with zero attached hydrogens (tertiary/aromatic N) is 3. The SMILES string of the molecule is C[n+]1ccn(S(=O)(=O)N2CCC(c3ccccc3Cl)CC2)c1. The summed E-state index contributed by atoms with van der Waals surface area (Å²) in [5.41, 5.74) is 1.12. The van der Waals surface area contributed by atoms with Crippen LogP contribution < -0.4 is 4.57 Å². The van der Waals surface area contributed by atoms with Crippen molar-refractivity contribution in [3.63, 3.8) is 0 Å². The third kappa shape index (κ3) is 2.91. The minimum absolute atomic E-state index is 0.320. The number of halogens is 1. The molecule has 1 aliphatic rings. The maximum Gasteiger partial charge on any atom is 0.379 e. The lowest BCUT2D eigenvalue weighted by Crippen LogP contribution is -2.41. The summed E-state index contributed by atoms with van der Waals surface area (Å²) in [6.07, 6.45) is 6.42. The van der Waals surface area contributed by atoms with Crippen LogP contribution in [-0.4, -0.2) is 29.8 Å². The number of piperidine rings is 1. The van der Waals surface area contributed by atoms with E-state index in [1.807, 2.05) is 24.3 Å². The molecule has 1 saturated heterocycles. The van der Waals surface area contributed by atoms with E-state index in [4.69, 9.17) is 11.6 Å². The molecule has 1 aromatic carbocycles. The van der Waals surface area contributed by atoms with E-state index in [0.29, 0.717) is 19.0 Å². The number of aromatic nitrogens is 2. The molecule has 22 heavy (non-hydrogen) atoms. The van der Waals surface area contributed by atoms with E-state index in [1.54, 1.807) is 34.6 Å². The van der Waals surface area contributed by atoms with Gasteiger partial charge in [0.25, 0.3) is 6.33 Å². The van der Waals surface area contributed by atoms with Gasteiger partial charge >= 0.3 is 10.2 Å². The van der Waals surface area contributed by atoms with E-state index in [-0.39, 0.29) is 0 Å². The lowest BCUT2D eigenvalue weighted by atomic mass is 9.90. The van der Waals surface area contributed by atoms with Crippen molar-refractivity contribution in [2.45, 2.75) is 18.8 Å². The van der Waals surface area contributed by atoms with Crippen molar-refractivity contribution in [1.82, 2.24) is 8.28 Å². The molecule has 0 bridgehead atoms. The predicted molar refractivity (Wildman–Crippen MR) is 84.9 cm³/mol. The zero-order valence-corrected chi connectivity index (χ0v) is 14.0. The monoisotopic (exact) mass is 340 g/mol. The molecular formula is C15H19ClN3O2S+. The molecule has 7 heteroatoms. The molecule has 0 unspecified atom stereocenters. The van der Waals surface area contributed by atoms with E-state index in [0.717, 1.165) is 23.4 Å². The third-order valence-electron chi connectivity index (χ3n) is 4.14. The van der Waals surface area contributed by atoms with Gasteiger partial charge in [-0.3, -0.25) is 0 Å². The molecule has 0 atom stereocenters. The van der Waals surface area contributed by atoms with Crippen molar-refractivity contribution in [3.8, 4) is 0 Å². The zero-order valence-electron chi connectivity index (χ0n) is 12.4. The van der Waals surface area contributed by atoms with Crippen LogP contribution in [0.3, 0.4) is 0 Å². The average molecular weight is 341 g/mol. The van der Waals surface area contributed by atoms with Gasteiger partial charge in [-0.25, -0.2) is 4.57 Å². The van der Waals surface area contributed by atoms with Crippen molar-refractivity contribution >= 4 is 21.8 Å². The summed E-state index contributed by atoms with van der Waals surface area (Å²) in [5.74, 6) is 0.320. The van der Waals surface area contributed by atoms with Crippen molar-refractivity contribution in [2.75, 3.05) is 13.1 Å². The minimum atomic E-state index is -3.46. The largest absolute Gasteiger partial charge is 0.379 e. The Morgan fingerprint density at radius 3 is 2.50 bits per heavy atom. The smallest absolute Gasteiger partial charge is 0.238 e. The van der Waals surface area contributed by atoms with E-state index < -0.39 is 10.2 Å². The second-order valence-corrected chi connectivity index (χ2v) is 7.85. The van der Waals surface area contributed by atoms with Gasteiger partial charge in [-0.05, 0) is 30.4 Å². The van der Waals surface area contributed by atoms with Gasteiger partial charge in [-0.1, -0.05) is 29.8 Å². The molecule has 1 aliphatic heterocycles. The second kappa shape index (κ2) is 6.02. The standard InChI is InChI=1S/C15H19ClN3O2S/c1-17-10-11-19(12-17)22(20,21)18-8-6-13(7-9-18)14-4-2-3-5-15(14)16/h2-5,10-13H,6-9H2,1H3/q+1. The summed E-state index contributed by atoms with van der Waals surface area (Å²) >= 11 is 6.24. The lowest BCUT2D eigenvalue weighted by molar-refractivity contribution is -0.670. The van der Waals surface area contributed by atoms with Crippen LogP contribution in [0.5, 0.6) is 0 Å². The van der Waals surface area contributed by atoms with Gasteiger partial charge in [0, 0.05) is 18.1 Å². The van der Waals surface area contributed by atoms with Gasteiger partial charge < -0.3 is 0 Å². The van der Waals surface area contributed by atoms with Crippen LogP contribution in [0.25, 0.3) is 0 Å². The Hall–Kier alpha value is -1.37. The molecule has 1 fully saturated rings. The molecular weight excluding hydrogens is 322 g/mol. The van der Waals surface area contributed by atoms with Gasteiger partial charge in [-0.2, -0.15) is 12.7 Å². The lowest BCUT2D eigenvalue weighted by Gasteiger charge is -2.30. The second-order valence-electron chi connectivity index (χ2n) is 5.61. The first-order valence-electron chi connectivity index (χ1n) is 7.27. The summed E-state index contributed by atoms with van der Waals surface area (Å²) in [6.45, 7) is 1.03. The predicted octanol–water partition coefficient (Wildman–Crippen LogP) is 1.94. The fourth-order valence-corrected chi connectivity index (χ4v) is 4.61. The summed E-state index contributed by atoms with van der Waals surface area (Å²) in [4.78, 5) is 0. The fraction of sp³-hybridized carbons (Fsp3) is 0.400. The number of aryl methyl sites for hydroxylation is 1. The van der Waals surface area contributed by atoms with E-state index >= 15 is 0 Å². The highest BCUT2D eigenvalue weighted by Gasteiger charge is 2.33. The van der Waals surface area contributed by atoms with E-state index in [1.165, 1.54) is 3.97 Å². The number of hydrogen-bond donors (Lipinski definition) is 0. The first-order valence-corrected chi connectivity index (χ1v) is 9.04. The van der Waals surface area contributed by atoms with E-state index in [9.17, 15) is 8.42 Å². The number of imidazole rings is 1. The Balaban J connectivity index is 1.73. The number of hydrogen-bond acceptors (Lipinski definition) is 2. The van der Waals surface area contributed by atoms with Crippen LogP contribution >= 0.6 is 11.6 Å². The maximum atomic E-state index is 12.6. The molecule has 118 valence electrons. The maximum absolute atomic E-state index is 12.6. The van der Waals surface area contributed by atoms with Gasteiger partial charge in [0.15, 0.2) is 0 Å². The zero-order chi connectivity index (χ0) is 15.7. The van der Waals surface area contributed by atoms with Crippen LogP contribution in [0.4, 0.5) is 0 Å². The number of rotatable bonds is 3. The molecule has 0 N–H and O–H groups in total. The summed E-state index contributed by atoms with van der Waals surface area (Å²) in [5, 5.41) is 0.765. The van der Waals surface area contributed by atoms with Gasteiger partial charge in [-0.15, -0.1) is 3.97 Å². The Labute approximate surface area is 135 Å². The van der Waals surface area contributed by atoms with Crippen LogP contribution in [0.2, 0.25) is 5.02 Å². The van der Waals surface area contributed by atoms with Gasteiger partial charge in [0.1, 0.15) is 12.4 Å². The highest BCUT2D eigenvalue weighted by molar-refractivity contribution is 7.87. The highest BCUT2D eigenvalue weighted by atomic mass is 35.5. The molecule has 5 nitrogen and oxygen atoms in total. The molecule has 0 radical (unpaired) electrons. The van der Waals surface area contributed by atoms with Crippen LogP contribution in [-0.2, 0) is 17.3 Å². The molecule has 1 aromatic heterocycles. The van der Waals surface area contributed by atoms with E-state index in [2.05, 4.69) is 0 Å². The summed E-state index contributed by atoms with van der Waals surface area (Å²) in [6, 6.07) is 7.81. The Morgan fingerprint density at radius 1 is 1.23 bits per heavy atom. The Kier molecular flexibility index (Phi) is 4.25. The van der Waals surface area contributed by atoms with Crippen molar-refractivity contribution in [1.29, 1.82) is 0 Å². The Morgan fingerprint density at radius 2 is 1.91 bits per heavy atom. The average Bonchev–Trinajstić information content (AvgIpc) is 2.95. The van der Waals surface area contributed by atoms with Crippen molar-refractivity contribution < 1.29 is 13.0 Å². The third-order valence-corrected chi connectivity index (χ3v) is 6.25. The summed E-state index contributed by atoms with van der Waals surface area (Å²) in [7, 11) is -1.66. The Bertz CT molecular complexity index is 765. The first-order chi connectivity index (χ1) is 10.5. The first kappa shape index (κ1) is 15.5. The molecule has 0 saturated carbocycles. The quantitative estimate of drug-likeness (QED) is 0.802. The van der Waals surface area contributed by atoms with Crippen molar-refractivity contribution in [2.24, 2.45) is 7.05 Å². The van der Waals surface area contributed by atoms with Crippen LogP contribution in [0, 0.1) is 0 Å². The fourth-order valence-electron chi connectivity index (χ4n) is 2.90. The molecule has 0 amide bonds. The number of benzene rings is 1. The highest BCUT2D eigenvalue weighted by Crippen LogP contribution is 2.33. The van der Waals surface area contributed by atoms with Gasteiger partial charge in [0.2, 0.25) is 0 Å². The topological polar surface area (TPSA) is 46.2 Å². The van der Waals surface area contributed by atoms with Crippen LogP contribution in [0.15, 0.2) is 43.0 Å². The normalized spacial score (nSPS) is 17.7. The van der Waals surface area contributed by atoms with Crippen LogP contribution in [0.1, 0.15) is 24.3 Å². The molecule has 2 heterocycles. The van der Waals surface area contributed by atoms with Crippen molar-refractivity contribution in [3.05, 3.63) is 53.6 Å². The molecule has 0 aliphatic carbocycles. The van der Waals surface area contributed by atoms with Gasteiger partial charge in [0.05, 0.1) is 7.05 Å². The molecule has 3 rings (SSSR count). The summed E-state index contributed by atoms with van der Waals surface area (Å²) < 4.78 is 29.6.